The first-order valence-corrected chi connectivity index (χ1v) is 7.59. The second kappa shape index (κ2) is 4.34. The zero-order valence-electron chi connectivity index (χ0n) is 9.47. The smallest absolute Gasteiger partial charge is 0.337 e. The van der Waals surface area contributed by atoms with Gasteiger partial charge in [0, 0.05) is 10.1 Å². The second-order valence-corrected chi connectivity index (χ2v) is 7.35. The van der Waals surface area contributed by atoms with Crippen molar-refractivity contribution < 1.29 is 17.9 Å². The Labute approximate surface area is 104 Å². The third-order valence-corrected chi connectivity index (χ3v) is 5.95. The molecular weight excluding hydrogens is 260 g/mol. The van der Waals surface area contributed by atoms with Gasteiger partial charge >= 0.3 is 5.97 Å². The molecule has 1 aromatic carbocycles. The summed E-state index contributed by atoms with van der Waals surface area (Å²) in [5.41, 5.74) is 0.268. The number of carbonyl (C=O) groups is 1. The van der Waals surface area contributed by atoms with Crippen LogP contribution < -0.4 is 0 Å². The summed E-state index contributed by atoms with van der Waals surface area (Å²) in [6.07, 6.45) is 0. The first-order chi connectivity index (χ1) is 7.94. The largest absolute Gasteiger partial charge is 0.465 e. The molecule has 1 heterocycles. The molecule has 1 aromatic rings. The summed E-state index contributed by atoms with van der Waals surface area (Å²) in [7, 11) is -2.01. The topological polar surface area (TPSA) is 60.4 Å². The van der Waals surface area contributed by atoms with Crippen molar-refractivity contribution in [2.45, 2.75) is 22.0 Å². The van der Waals surface area contributed by atoms with Crippen LogP contribution in [0.4, 0.5) is 0 Å². The SMILES string of the molecule is COC(=O)c1ccc2c(c1)S(=O)(=O)CC(C)S2. The molecule has 17 heavy (non-hydrogen) atoms. The highest BCUT2D eigenvalue weighted by Gasteiger charge is 2.29. The summed E-state index contributed by atoms with van der Waals surface area (Å²) >= 11 is 1.51. The predicted octanol–water partition coefficient (Wildman–Crippen LogP) is 1.74. The molecule has 1 aliphatic heterocycles. The maximum absolute atomic E-state index is 12.0. The van der Waals surface area contributed by atoms with Gasteiger partial charge in [-0.15, -0.1) is 11.8 Å². The number of fused-ring (bicyclic) bond motifs is 1. The molecule has 0 N–H and O–H groups in total. The molecule has 0 radical (unpaired) electrons. The van der Waals surface area contributed by atoms with Gasteiger partial charge in [0.25, 0.3) is 0 Å². The molecule has 0 aliphatic carbocycles. The van der Waals surface area contributed by atoms with Gasteiger partial charge in [-0.05, 0) is 18.2 Å². The van der Waals surface area contributed by atoms with Gasteiger partial charge in [-0.3, -0.25) is 0 Å². The van der Waals surface area contributed by atoms with E-state index >= 15 is 0 Å². The molecule has 2 rings (SSSR count). The Bertz CT molecular complexity index is 563. The highest BCUT2D eigenvalue weighted by atomic mass is 32.2. The average Bonchev–Trinajstić information content (AvgIpc) is 2.26. The fourth-order valence-corrected chi connectivity index (χ4v) is 5.31. The molecule has 1 atom stereocenters. The minimum atomic E-state index is -3.28. The molecule has 6 heteroatoms. The fourth-order valence-electron chi connectivity index (χ4n) is 1.74. The highest BCUT2D eigenvalue weighted by molar-refractivity contribution is 8.03. The van der Waals surface area contributed by atoms with E-state index in [9.17, 15) is 13.2 Å². The van der Waals surface area contributed by atoms with Gasteiger partial charge in [-0.2, -0.15) is 0 Å². The lowest BCUT2D eigenvalue weighted by Gasteiger charge is -2.21. The van der Waals surface area contributed by atoms with Crippen LogP contribution in [0.2, 0.25) is 0 Å². The molecule has 92 valence electrons. The van der Waals surface area contributed by atoms with E-state index in [2.05, 4.69) is 4.74 Å². The van der Waals surface area contributed by atoms with E-state index < -0.39 is 15.8 Å². The van der Waals surface area contributed by atoms with E-state index in [-0.39, 0.29) is 21.5 Å². The lowest BCUT2D eigenvalue weighted by molar-refractivity contribution is 0.0600. The van der Waals surface area contributed by atoms with Crippen molar-refractivity contribution in [1.29, 1.82) is 0 Å². The molecule has 1 unspecified atom stereocenters. The summed E-state index contributed by atoms with van der Waals surface area (Å²) in [6, 6.07) is 4.65. The molecule has 0 aromatic heterocycles. The van der Waals surface area contributed by atoms with Gasteiger partial charge in [-0.25, -0.2) is 13.2 Å². The maximum atomic E-state index is 12.0. The van der Waals surface area contributed by atoms with Crippen molar-refractivity contribution in [2.75, 3.05) is 12.9 Å². The Kier molecular flexibility index (Phi) is 3.18. The number of methoxy groups -OCH3 is 1. The van der Waals surface area contributed by atoms with Crippen LogP contribution in [-0.4, -0.2) is 32.5 Å². The zero-order chi connectivity index (χ0) is 12.6. The van der Waals surface area contributed by atoms with Crippen LogP contribution in [-0.2, 0) is 14.6 Å². The van der Waals surface area contributed by atoms with Crippen LogP contribution in [0.15, 0.2) is 28.0 Å². The molecule has 1 aliphatic rings. The minimum absolute atomic E-state index is 0.0384. The Morgan fingerprint density at radius 1 is 1.47 bits per heavy atom. The number of benzene rings is 1. The monoisotopic (exact) mass is 272 g/mol. The number of hydrogen-bond donors (Lipinski definition) is 0. The number of carbonyl (C=O) groups excluding carboxylic acids is 1. The van der Waals surface area contributed by atoms with Gasteiger partial charge in [0.1, 0.15) is 0 Å². The molecule has 0 saturated carbocycles. The number of esters is 1. The molecule has 4 nitrogen and oxygen atoms in total. The van der Waals surface area contributed by atoms with E-state index in [0.29, 0.717) is 4.90 Å². The average molecular weight is 272 g/mol. The Balaban J connectivity index is 2.55. The molecule has 0 saturated heterocycles. The summed E-state index contributed by atoms with van der Waals surface area (Å²) in [5.74, 6) is -0.415. The number of rotatable bonds is 1. The fraction of sp³-hybridized carbons (Fsp3) is 0.364. The van der Waals surface area contributed by atoms with Gasteiger partial charge in [-0.1, -0.05) is 6.92 Å². The van der Waals surface area contributed by atoms with Gasteiger partial charge in [0.05, 0.1) is 23.3 Å². The van der Waals surface area contributed by atoms with Crippen LogP contribution in [0.1, 0.15) is 17.3 Å². The van der Waals surface area contributed by atoms with E-state index in [1.54, 1.807) is 12.1 Å². The highest BCUT2D eigenvalue weighted by Crippen LogP contribution is 2.37. The van der Waals surface area contributed by atoms with Crippen LogP contribution in [0.25, 0.3) is 0 Å². The van der Waals surface area contributed by atoms with Gasteiger partial charge < -0.3 is 4.74 Å². The Morgan fingerprint density at radius 3 is 2.82 bits per heavy atom. The first-order valence-electron chi connectivity index (χ1n) is 5.06. The molecular formula is C11H12O4S2. The molecule has 0 amide bonds. The second-order valence-electron chi connectivity index (χ2n) is 3.86. The van der Waals surface area contributed by atoms with Gasteiger partial charge in [0.15, 0.2) is 9.84 Å². The Hall–Kier alpha value is -1.01. The van der Waals surface area contributed by atoms with Crippen molar-refractivity contribution in [3.8, 4) is 0 Å². The van der Waals surface area contributed by atoms with Crippen molar-refractivity contribution in [3.63, 3.8) is 0 Å². The molecule has 0 bridgehead atoms. The third-order valence-electron chi connectivity index (χ3n) is 2.48. The van der Waals surface area contributed by atoms with Crippen LogP contribution in [0.3, 0.4) is 0 Å². The van der Waals surface area contributed by atoms with Crippen molar-refractivity contribution in [1.82, 2.24) is 0 Å². The number of thioether (sulfide) groups is 1. The van der Waals surface area contributed by atoms with Crippen LogP contribution in [0, 0.1) is 0 Å². The van der Waals surface area contributed by atoms with E-state index in [4.69, 9.17) is 0 Å². The summed E-state index contributed by atoms with van der Waals surface area (Å²) in [4.78, 5) is 12.3. The summed E-state index contributed by atoms with van der Waals surface area (Å²) < 4.78 is 28.5. The summed E-state index contributed by atoms with van der Waals surface area (Å²) in [5, 5.41) is 0.0384. The van der Waals surface area contributed by atoms with Crippen molar-refractivity contribution in [2.24, 2.45) is 0 Å². The number of ether oxygens (including phenoxy) is 1. The standard InChI is InChI=1S/C11H12O4S2/c1-7-6-17(13,14)10-5-8(11(12)15-2)3-4-9(10)16-7/h3-5,7H,6H2,1-2H3. The Morgan fingerprint density at radius 2 is 2.18 bits per heavy atom. The first kappa shape index (κ1) is 12.4. The normalized spacial score (nSPS) is 21.6. The van der Waals surface area contributed by atoms with Crippen molar-refractivity contribution >= 4 is 27.6 Å². The summed E-state index contributed by atoms with van der Waals surface area (Å²) in [6.45, 7) is 1.87. The third kappa shape index (κ3) is 2.32. The van der Waals surface area contributed by atoms with E-state index in [1.807, 2.05) is 6.92 Å². The van der Waals surface area contributed by atoms with E-state index in [1.165, 1.54) is 24.9 Å². The van der Waals surface area contributed by atoms with E-state index in [0.717, 1.165) is 0 Å². The maximum Gasteiger partial charge on any atom is 0.337 e. The lowest BCUT2D eigenvalue weighted by atomic mass is 10.2. The zero-order valence-corrected chi connectivity index (χ0v) is 11.1. The molecule has 0 fully saturated rings. The van der Waals surface area contributed by atoms with Crippen molar-refractivity contribution in [3.05, 3.63) is 23.8 Å². The van der Waals surface area contributed by atoms with Gasteiger partial charge in [0.2, 0.25) is 0 Å². The minimum Gasteiger partial charge on any atom is -0.465 e. The number of sulfone groups is 1. The lowest BCUT2D eigenvalue weighted by Crippen LogP contribution is -2.21. The number of hydrogen-bond acceptors (Lipinski definition) is 5. The predicted molar refractivity (Wildman–Crippen MR) is 65.2 cm³/mol. The van der Waals surface area contributed by atoms with Crippen LogP contribution in [0.5, 0.6) is 0 Å². The molecule has 0 spiro atoms. The quantitative estimate of drug-likeness (QED) is 0.729. The van der Waals surface area contributed by atoms with Crippen LogP contribution >= 0.6 is 11.8 Å².